The second-order valence-electron chi connectivity index (χ2n) is 9.18. The molecule has 1 aliphatic carbocycles. The van der Waals surface area contributed by atoms with Gasteiger partial charge in [0.1, 0.15) is 0 Å². The molecule has 2 aliphatic rings. The van der Waals surface area contributed by atoms with Gasteiger partial charge in [0.2, 0.25) is 0 Å². The van der Waals surface area contributed by atoms with Gasteiger partial charge in [0.05, 0.1) is 4.90 Å². The lowest BCUT2D eigenvalue weighted by Gasteiger charge is -2.38. The van der Waals surface area contributed by atoms with Crippen LogP contribution >= 0.6 is 24.0 Å². The Morgan fingerprint density at radius 3 is 2.24 bits per heavy atom. The van der Waals surface area contributed by atoms with E-state index in [0.29, 0.717) is 17.5 Å². The fourth-order valence-electron chi connectivity index (χ4n) is 5.09. The number of hydrogen-bond donors (Lipinski definition) is 1. The first-order valence-corrected chi connectivity index (χ1v) is 13.7. The van der Waals surface area contributed by atoms with Crippen molar-refractivity contribution >= 4 is 39.8 Å². The van der Waals surface area contributed by atoms with Crippen molar-refractivity contribution in [3.05, 3.63) is 64.7 Å². The number of likely N-dealkylation sites (tertiary alicyclic amines) is 1. The van der Waals surface area contributed by atoms with Crippen molar-refractivity contribution in [2.75, 3.05) is 19.3 Å². The molecule has 4 rings (SSSR count). The molecule has 180 valence electrons. The predicted molar refractivity (Wildman–Crippen MR) is 135 cm³/mol. The van der Waals surface area contributed by atoms with Crippen LogP contribution in [-0.4, -0.2) is 50.7 Å². The quantitative estimate of drug-likeness (QED) is 0.607. The number of hydrogen-bond acceptors (Lipinski definition) is 4. The summed E-state index contributed by atoms with van der Waals surface area (Å²) >= 11 is 6.00. The van der Waals surface area contributed by atoms with Crippen LogP contribution in [0, 0.1) is 5.92 Å². The third-order valence-corrected chi connectivity index (χ3v) is 8.28. The second-order valence-corrected chi connectivity index (χ2v) is 11.6. The van der Waals surface area contributed by atoms with Crippen molar-refractivity contribution < 1.29 is 13.2 Å². The molecule has 1 heterocycles. The summed E-state index contributed by atoms with van der Waals surface area (Å²) in [6.45, 7) is 2.14. The van der Waals surface area contributed by atoms with Gasteiger partial charge in [-0.1, -0.05) is 23.7 Å². The van der Waals surface area contributed by atoms with Gasteiger partial charge in [-0.2, -0.15) is 0 Å². The Morgan fingerprint density at radius 2 is 1.64 bits per heavy atom. The topological polar surface area (TPSA) is 66.5 Å². The highest BCUT2D eigenvalue weighted by Crippen LogP contribution is 2.30. The van der Waals surface area contributed by atoms with Gasteiger partial charge in [0.25, 0.3) is 5.91 Å². The fraction of sp³-hybridized carbons (Fsp3) is 0.480. The third-order valence-electron chi connectivity index (χ3n) is 6.90. The molecule has 1 N–H and O–H groups in total. The number of piperidine rings is 1. The van der Waals surface area contributed by atoms with Gasteiger partial charge in [-0.3, -0.25) is 9.69 Å². The summed E-state index contributed by atoms with van der Waals surface area (Å²) in [4.78, 5) is 15.6. The molecule has 0 radical (unpaired) electrons. The van der Waals surface area contributed by atoms with E-state index in [1.807, 2.05) is 12.1 Å². The molecule has 2 aromatic carbocycles. The Bertz CT molecular complexity index is 1030. The van der Waals surface area contributed by atoms with Gasteiger partial charge >= 0.3 is 0 Å². The van der Waals surface area contributed by atoms with E-state index in [2.05, 4.69) is 22.3 Å². The molecule has 2 fully saturated rings. The zero-order chi connectivity index (χ0) is 22.7. The van der Waals surface area contributed by atoms with Crippen LogP contribution in [0.25, 0.3) is 0 Å². The molecular weight excluding hydrogens is 479 g/mol. The molecule has 1 aliphatic heterocycles. The Hall–Kier alpha value is -1.60. The van der Waals surface area contributed by atoms with Gasteiger partial charge in [0, 0.05) is 28.9 Å². The first kappa shape index (κ1) is 26.0. The van der Waals surface area contributed by atoms with Gasteiger partial charge in [-0.25, -0.2) is 8.42 Å². The number of carbonyl (C=O) groups is 1. The largest absolute Gasteiger partial charge is 0.348 e. The smallest absolute Gasteiger partial charge is 0.251 e. The van der Waals surface area contributed by atoms with Crippen LogP contribution in [0.4, 0.5) is 0 Å². The highest BCUT2D eigenvalue weighted by molar-refractivity contribution is 7.90. The number of sulfone groups is 1. The van der Waals surface area contributed by atoms with E-state index in [1.54, 1.807) is 12.1 Å². The van der Waals surface area contributed by atoms with Crippen molar-refractivity contribution in [3.8, 4) is 0 Å². The summed E-state index contributed by atoms with van der Waals surface area (Å²) in [5, 5.41) is 4.00. The lowest BCUT2D eigenvalue weighted by atomic mass is 9.89. The number of nitrogens with zero attached hydrogens (tertiary/aromatic N) is 1. The SMILES string of the molecule is CS(=O)(=O)c1ccc(C(=O)N[C@@H]2CCC[C@@H]2N2CCC(Cc3ccc(Cl)cc3)CC2)cc1.Cl. The van der Waals surface area contributed by atoms with Crippen LogP contribution in [0.15, 0.2) is 53.4 Å². The molecule has 0 spiro atoms. The minimum absolute atomic E-state index is 0. The average Bonchev–Trinajstić information content (AvgIpc) is 3.23. The number of halogens is 2. The standard InChI is InChI=1S/C25H31ClN2O3S.ClH/c1-32(30,31)22-11-7-20(8-12-22)25(29)27-23-3-2-4-24(23)28-15-13-19(14-16-28)17-18-5-9-21(26)10-6-18;/h5-12,19,23-24H,2-4,13-17H2,1H3,(H,27,29);1H/t23-,24+;/m1./s1. The molecule has 1 saturated heterocycles. The Balaban J connectivity index is 0.00000306. The van der Waals surface area contributed by atoms with Crippen molar-refractivity contribution in [1.29, 1.82) is 0 Å². The van der Waals surface area contributed by atoms with E-state index in [9.17, 15) is 13.2 Å². The van der Waals surface area contributed by atoms with Crippen LogP contribution in [0.3, 0.4) is 0 Å². The molecule has 2 atom stereocenters. The lowest BCUT2D eigenvalue weighted by molar-refractivity contribution is 0.0862. The summed E-state index contributed by atoms with van der Waals surface area (Å²) < 4.78 is 23.3. The number of benzene rings is 2. The lowest BCUT2D eigenvalue weighted by Crippen LogP contribution is -2.51. The van der Waals surface area contributed by atoms with Gasteiger partial charge in [-0.15, -0.1) is 12.4 Å². The zero-order valence-electron chi connectivity index (χ0n) is 18.9. The number of amides is 1. The van der Waals surface area contributed by atoms with Crippen LogP contribution < -0.4 is 5.32 Å². The molecular formula is C25H32Cl2N2O3S. The van der Waals surface area contributed by atoms with Crippen LogP contribution in [0.1, 0.15) is 48.0 Å². The average molecular weight is 512 g/mol. The van der Waals surface area contributed by atoms with Crippen molar-refractivity contribution in [2.24, 2.45) is 5.92 Å². The normalized spacial score (nSPS) is 22.0. The Morgan fingerprint density at radius 1 is 1.00 bits per heavy atom. The number of carbonyl (C=O) groups excluding carboxylic acids is 1. The monoisotopic (exact) mass is 510 g/mol. The molecule has 0 unspecified atom stereocenters. The first-order chi connectivity index (χ1) is 15.3. The van der Waals surface area contributed by atoms with Gasteiger partial charge < -0.3 is 5.32 Å². The summed E-state index contributed by atoms with van der Waals surface area (Å²) in [7, 11) is -3.26. The van der Waals surface area contributed by atoms with E-state index < -0.39 is 9.84 Å². The maximum absolute atomic E-state index is 12.8. The second kappa shape index (κ2) is 11.2. The molecule has 1 saturated carbocycles. The molecule has 1 amide bonds. The number of nitrogens with one attached hydrogen (secondary N) is 1. The summed E-state index contributed by atoms with van der Waals surface area (Å²) in [5.74, 6) is 0.565. The zero-order valence-corrected chi connectivity index (χ0v) is 21.3. The van der Waals surface area contributed by atoms with Gasteiger partial charge in [0.15, 0.2) is 9.84 Å². The first-order valence-electron chi connectivity index (χ1n) is 11.4. The Kier molecular flexibility index (Phi) is 8.84. The van der Waals surface area contributed by atoms with E-state index in [1.165, 1.54) is 36.8 Å². The fourth-order valence-corrected chi connectivity index (χ4v) is 5.85. The molecule has 8 heteroatoms. The van der Waals surface area contributed by atoms with Crippen molar-refractivity contribution in [1.82, 2.24) is 10.2 Å². The van der Waals surface area contributed by atoms with Crippen molar-refractivity contribution in [2.45, 2.75) is 55.5 Å². The van der Waals surface area contributed by atoms with E-state index in [0.717, 1.165) is 43.8 Å². The molecule has 2 aromatic rings. The summed E-state index contributed by atoms with van der Waals surface area (Å²) in [6.07, 6.45) is 7.83. The minimum Gasteiger partial charge on any atom is -0.348 e. The molecule has 33 heavy (non-hydrogen) atoms. The van der Waals surface area contributed by atoms with E-state index in [4.69, 9.17) is 11.6 Å². The maximum atomic E-state index is 12.8. The van der Waals surface area contributed by atoms with E-state index >= 15 is 0 Å². The van der Waals surface area contributed by atoms with Crippen LogP contribution in [0.2, 0.25) is 5.02 Å². The third kappa shape index (κ3) is 6.72. The highest BCUT2D eigenvalue weighted by atomic mass is 35.5. The highest BCUT2D eigenvalue weighted by Gasteiger charge is 2.35. The van der Waals surface area contributed by atoms with Gasteiger partial charge in [-0.05, 0) is 99.5 Å². The summed E-state index contributed by atoms with van der Waals surface area (Å²) in [5.41, 5.74) is 1.85. The van der Waals surface area contributed by atoms with Crippen LogP contribution in [0.5, 0.6) is 0 Å². The molecule has 0 aromatic heterocycles. The summed E-state index contributed by atoms with van der Waals surface area (Å²) in [6, 6.07) is 14.9. The van der Waals surface area contributed by atoms with E-state index in [-0.39, 0.29) is 29.3 Å². The minimum atomic E-state index is -3.26. The predicted octanol–water partition coefficient (Wildman–Crippen LogP) is 4.77. The van der Waals surface area contributed by atoms with Crippen LogP contribution in [-0.2, 0) is 16.3 Å². The van der Waals surface area contributed by atoms with Crippen molar-refractivity contribution in [3.63, 3.8) is 0 Å². The molecule has 5 nitrogen and oxygen atoms in total. The number of rotatable bonds is 6. The Labute approximate surface area is 208 Å². The molecule has 0 bridgehead atoms. The maximum Gasteiger partial charge on any atom is 0.251 e.